The number of hydrogen-bond donors (Lipinski definition) is 0. The Kier molecular flexibility index (Phi) is 10.6. The van der Waals surface area contributed by atoms with Gasteiger partial charge >= 0.3 is 341 Å². The second-order valence-corrected chi connectivity index (χ2v) is 16.7. The number of para-hydroxylation sites is 2. The minimum absolute atomic E-state index is 0.984. The molecule has 0 amide bonds. The normalized spacial score (nSPS) is 12.6. The first-order valence-corrected chi connectivity index (χ1v) is 20.1. The molecular formula is C39H43B15N2. The summed E-state index contributed by atoms with van der Waals surface area (Å²) in [6, 6.07) is 24.8. The maximum atomic E-state index is 5.43. The first kappa shape index (κ1) is 39.9. The molecule has 0 unspecified atom stereocenters. The Bertz CT molecular complexity index is 2880. The molecular weight excluding hydrogens is 659 g/mol. The van der Waals surface area contributed by atoms with Gasteiger partial charge in [-0.3, -0.25) is 0 Å². The van der Waals surface area contributed by atoms with Gasteiger partial charge < -0.3 is 0 Å². The van der Waals surface area contributed by atoms with Crippen LogP contribution in [0.4, 0.5) is 0 Å². The third-order valence-corrected chi connectivity index (χ3v) is 13.7. The zero-order valence-electron chi connectivity index (χ0n) is 36.5. The quantitative estimate of drug-likeness (QED) is 0.0959. The number of fused-ring (bicyclic) bond motifs is 3. The molecule has 0 fully saturated rings. The number of aromatic nitrogens is 2. The summed E-state index contributed by atoms with van der Waals surface area (Å²) in [5.41, 5.74) is 26.8. The van der Waals surface area contributed by atoms with E-state index in [1.165, 1.54) is 120 Å². The Morgan fingerprint density at radius 2 is 1.00 bits per heavy atom. The average molecular weight is 702 g/mol. The van der Waals surface area contributed by atoms with E-state index in [1.807, 2.05) is 0 Å². The van der Waals surface area contributed by atoms with Crippen LogP contribution in [0.1, 0.15) is 12.5 Å². The first-order valence-electron chi connectivity index (χ1n) is 20.1. The van der Waals surface area contributed by atoms with Crippen LogP contribution in [0.25, 0.3) is 66.4 Å². The zero-order valence-corrected chi connectivity index (χ0v) is 36.5. The van der Waals surface area contributed by atoms with Gasteiger partial charge in [0.05, 0.1) is 0 Å². The molecule has 0 spiro atoms. The van der Waals surface area contributed by atoms with Crippen molar-refractivity contribution in [2.75, 3.05) is 0 Å². The minimum atomic E-state index is 0.984. The van der Waals surface area contributed by atoms with Crippen LogP contribution >= 0.6 is 0 Å². The van der Waals surface area contributed by atoms with Crippen LogP contribution in [-0.4, -0.2) is 132 Å². The van der Waals surface area contributed by atoms with Crippen LogP contribution in [0.3, 0.4) is 0 Å². The van der Waals surface area contributed by atoms with Crippen LogP contribution in [0.5, 0.6) is 0 Å². The van der Waals surface area contributed by atoms with E-state index in [2.05, 4.69) is 196 Å². The third-order valence-electron chi connectivity index (χ3n) is 13.7. The molecule has 56 heavy (non-hydrogen) atoms. The zero-order chi connectivity index (χ0) is 40.7. The third kappa shape index (κ3) is 6.11. The number of allylic oxidation sites excluding steroid dienone is 4. The molecule has 6 aromatic carbocycles. The molecule has 17 heteroatoms. The van der Waals surface area contributed by atoms with E-state index < -0.39 is 0 Å². The molecule has 0 saturated carbocycles. The van der Waals surface area contributed by atoms with Crippen LogP contribution in [-0.2, 0) is 0 Å². The average Bonchev–Trinajstić information content (AvgIpc) is 3.56. The molecule has 0 saturated heterocycles. The first-order chi connectivity index (χ1) is 26.5. The van der Waals surface area contributed by atoms with Crippen molar-refractivity contribution in [2.24, 2.45) is 0 Å². The van der Waals surface area contributed by atoms with Crippen molar-refractivity contribution in [3.8, 4) is 28.2 Å². The fourth-order valence-electron chi connectivity index (χ4n) is 9.29. The predicted octanol–water partition coefficient (Wildman–Crippen LogP) is -12.2. The van der Waals surface area contributed by atoms with E-state index in [1.54, 1.807) is 0 Å². The molecule has 0 aliphatic carbocycles. The van der Waals surface area contributed by atoms with E-state index in [0.29, 0.717) is 0 Å². The summed E-state index contributed by atoms with van der Waals surface area (Å²) in [4.78, 5) is 5.43. The van der Waals surface area contributed by atoms with Gasteiger partial charge in [-0.1, -0.05) is 0 Å². The van der Waals surface area contributed by atoms with Gasteiger partial charge in [0.2, 0.25) is 0 Å². The van der Waals surface area contributed by atoms with Crippen molar-refractivity contribution < 1.29 is 0 Å². The Morgan fingerprint density at radius 3 is 1.55 bits per heavy atom. The summed E-state index contributed by atoms with van der Waals surface area (Å²) in [7, 11) is 36.3. The van der Waals surface area contributed by atoms with E-state index in [-0.39, 0.29) is 0 Å². The van der Waals surface area contributed by atoms with Gasteiger partial charge in [-0.2, -0.15) is 0 Å². The SMILES string of the molecule is B=C(B)/C(=C(B)\C(B)=C(\B)C)c1c2ccccc2c(-c2c(B)c(B)c(B)c(B)c2B)c2ccc(-n3c(-c4c(B)c(B)c(B)c(B)c4B)nc4ccccc43)cc12. The van der Waals surface area contributed by atoms with E-state index >= 15 is 0 Å². The Morgan fingerprint density at radius 1 is 0.518 bits per heavy atom. The van der Waals surface area contributed by atoms with Gasteiger partial charge in [-0.25, -0.2) is 0 Å². The van der Waals surface area contributed by atoms with Crippen molar-refractivity contribution in [1.82, 2.24) is 9.55 Å². The predicted molar refractivity (Wildman–Crippen MR) is 295 cm³/mol. The van der Waals surface area contributed by atoms with Gasteiger partial charge in [0.25, 0.3) is 0 Å². The molecule has 0 radical (unpaired) electrons. The standard InChI is InChI=1S/C39H43B15N2/c1-13(40)26(41)29(44)24(38(53)54)22-16-7-3-2-6-15(16)21(23-27(42)32(47)36(51)33(48)28(23)43)17-11-10-14(12-18(17)22)56-20-9-5-4-8-19(20)55-39(56)25-30(45)34(49)37(52)35(50)31(25)46/h2-12,53H,40-52,54H2,1H3/b26-13-,29-24+. The molecule has 1 aromatic heterocycles. The van der Waals surface area contributed by atoms with Crippen molar-refractivity contribution in [3.63, 3.8) is 0 Å². The molecule has 0 aliphatic rings. The second-order valence-electron chi connectivity index (χ2n) is 16.7. The number of nitrogens with zero attached hydrogens (tertiary/aromatic N) is 2. The van der Waals surface area contributed by atoms with Gasteiger partial charge in [0.15, 0.2) is 0 Å². The summed E-state index contributed by atoms with van der Waals surface area (Å²) in [6.45, 7) is 2.21. The Balaban J connectivity index is 1.74. The van der Waals surface area contributed by atoms with E-state index in [0.717, 1.165) is 27.9 Å². The van der Waals surface area contributed by atoms with Gasteiger partial charge in [-0.05, 0) is 0 Å². The van der Waals surface area contributed by atoms with E-state index in [9.17, 15) is 0 Å². The van der Waals surface area contributed by atoms with Crippen LogP contribution in [0.2, 0.25) is 0 Å². The molecule has 1 heterocycles. The molecule has 0 bridgehead atoms. The molecule has 0 aliphatic heterocycles. The summed E-state index contributed by atoms with van der Waals surface area (Å²) in [6.07, 6.45) is 0. The van der Waals surface area contributed by atoms with Crippen LogP contribution < -0.4 is 54.6 Å². The van der Waals surface area contributed by atoms with Crippen molar-refractivity contribution in [1.29, 1.82) is 0 Å². The molecule has 7 rings (SSSR count). The fourth-order valence-corrected chi connectivity index (χ4v) is 9.29. The second kappa shape index (κ2) is 14.9. The number of rotatable bonds is 6. The van der Waals surface area contributed by atoms with Gasteiger partial charge in [0.1, 0.15) is 7.85 Å². The van der Waals surface area contributed by atoms with Gasteiger partial charge in [-0.15, -0.1) is 0 Å². The van der Waals surface area contributed by atoms with Crippen molar-refractivity contribution in [3.05, 3.63) is 88.7 Å². The van der Waals surface area contributed by atoms with Crippen LogP contribution in [0, 0.1) is 0 Å². The molecule has 254 valence electrons. The summed E-state index contributed by atoms with van der Waals surface area (Å²) < 4.78 is 2.41. The molecule has 2 nitrogen and oxygen atoms in total. The molecule has 7 aromatic rings. The fraction of sp³-hybridized carbons (Fsp3) is 0.0256. The number of imidazole rings is 1. The van der Waals surface area contributed by atoms with Crippen molar-refractivity contribution in [2.45, 2.75) is 6.92 Å². The maximum absolute atomic E-state index is 5.43. The molecule has 0 atom stereocenters. The summed E-state index contributed by atoms with van der Waals surface area (Å²) in [5, 5.41) is 6.04. The Hall–Kier alpha value is -4.37. The van der Waals surface area contributed by atoms with E-state index in [4.69, 9.17) is 4.98 Å². The number of benzene rings is 6. The van der Waals surface area contributed by atoms with Crippen molar-refractivity contribution >= 4 is 215 Å². The Labute approximate surface area is 347 Å². The monoisotopic (exact) mass is 704 g/mol. The molecule has 0 N–H and O–H groups in total. The number of hydrogen-bond acceptors (Lipinski definition) is 1. The summed E-state index contributed by atoms with van der Waals surface area (Å²) >= 11 is 0. The van der Waals surface area contributed by atoms with Gasteiger partial charge in [0, 0.05) is 0 Å². The van der Waals surface area contributed by atoms with Crippen LogP contribution in [0.15, 0.2) is 83.1 Å². The summed E-state index contributed by atoms with van der Waals surface area (Å²) in [5.74, 6) is 0.984. The topological polar surface area (TPSA) is 17.8 Å².